The van der Waals surface area contributed by atoms with Gasteiger partial charge in [-0.1, -0.05) is 118 Å². The van der Waals surface area contributed by atoms with Gasteiger partial charge >= 0.3 is 0 Å². The standard InChI is InChI=1S/C15H26O2.14CH4.2Rf/c1-5-12(3)10-14(16)8-7-9-15(17)11-13(4)6-2;;;;;;;;;;;;;;;;/h5-11H2,1-4H3;14*1H4;;/q-2;;;;;;;;;;;;;;;;. The molecule has 0 heterocycles. The fourth-order valence-electron chi connectivity index (χ4n) is 1.58. The van der Waals surface area contributed by atoms with Crippen LogP contribution in [-0.4, -0.2) is 11.6 Å². The molecular formula is C29H82O2Rf2-2. The van der Waals surface area contributed by atoms with E-state index < -0.39 is 0 Å². The quantitative estimate of drug-likeness (QED) is 0.204. The summed E-state index contributed by atoms with van der Waals surface area (Å²) in [7, 11) is 0. The fourth-order valence-corrected chi connectivity index (χ4v) is 1.58. The van der Waals surface area contributed by atoms with E-state index in [2.05, 4.69) is 13.8 Å². The van der Waals surface area contributed by atoms with E-state index in [-0.39, 0.29) is 116 Å². The van der Waals surface area contributed by atoms with Crippen LogP contribution in [0.15, 0.2) is 0 Å². The molecule has 0 unspecified atom stereocenters. The van der Waals surface area contributed by atoms with E-state index in [1.165, 1.54) is 11.8 Å². The number of carbonyl (C=O) groups is 2. The van der Waals surface area contributed by atoms with Crippen LogP contribution in [0.4, 0.5) is 0 Å². The molecule has 0 aromatic heterocycles. The normalized spacial score (nSPS) is 5.76. The summed E-state index contributed by atoms with van der Waals surface area (Å²) in [6, 6.07) is 0. The number of ketones is 2. The predicted octanol–water partition coefficient (Wildman–Crippen LogP) is 13.0. The summed E-state index contributed by atoms with van der Waals surface area (Å²) in [4.78, 5) is 23.1. The summed E-state index contributed by atoms with van der Waals surface area (Å²) in [6.07, 6.45) is 4.93. The minimum absolute atomic E-state index is 0. The van der Waals surface area contributed by atoms with Crippen molar-refractivity contribution in [3.63, 3.8) is 0 Å². The Balaban J connectivity index is -0.0000000107. The summed E-state index contributed by atoms with van der Waals surface area (Å²) in [5.41, 5.74) is 0. The van der Waals surface area contributed by atoms with Crippen LogP contribution in [0.1, 0.15) is 177 Å². The van der Waals surface area contributed by atoms with Gasteiger partial charge in [-0.05, 0) is 6.42 Å². The molecule has 0 N–H and O–H groups in total. The Morgan fingerprint density at radius 1 is 0.485 bits per heavy atom. The van der Waals surface area contributed by atoms with Crippen molar-refractivity contribution >= 4 is 11.6 Å². The van der Waals surface area contributed by atoms with E-state index in [1.807, 2.05) is 13.8 Å². The average molecular weight is 997 g/mol. The molecule has 33 heavy (non-hydrogen) atoms. The van der Waals surface area contributed by atoms with Crippen LogP contribution in [0.5, 0.6) is 0 Å². The van der Waals surface area contributed by atoms with Gasteiger partial charge in [0.2, 0.25) is 0 Å². The van der Waals surface area contributed by atoms with Crippen molar-refractivity contribution in [2.24, 2.45) is 0 Å². The molecule has 0 fully saturated rings. The second kappa shape index (κ2) is 88.3. The van der Waals surface area contributed by atoms with E-state index in [0.29, 0.717) is 32.1 Å². The zero-order valence-corrected chi connectivity index (χ0v) is 26.0. The van der Waals surface area contributed by atoms with Crippen molar-refractivity contribution in [1.82, 2.24) is 0 Å². The molecule has 0 aromatic carbocycles. The molecule has 0 aliphatic carbocycles. The largest absolute Gasteiger partial charge is 0.310 e. The van der Waals surface area contributed by atoms with Gasteiger partial charge in [0.25, 0.3) is 0 Å². The number of hydrogen-bond acceptors (Lipinski definition) is 2. The first-order valence-electron chi connectivity index (χ1n) is 6.65. The molecule has 0 spiro atoms. The number of hydrogen-bond donors (Lipinski definition) is 0. The monoisotopic (exact) mass is 997 g/mol. The van der Waals surface area contributed by atoms with Crippen molar-refractivity contribution in [1.29, 1.82) is 0 Å². The van der Waals surface area contributed by atoms with Crippen LogP contribution < -0.4 is 0 Å². The van der Waals surface area contributed by atoms with Gasteiger partial charge in [-0.3, -0.25) is 0 Å². The van der Waals surface area contributed by atoms with Crippen LogP contribution in [0, 0.1) is 11.8 Å². The Kier molecular flexibility index (Phi) is 393. The average Bonchev–Trinajstić information content (AvgIpc) is 2.28. The maximum atomic E-state index is 11.5. The molecule has 0 bridgehead atoms. The van der Waals surface area contributed by atoms with Crippen LogP contribution in [0.2, 0.25) is 0 Å². The summed E-state index contributed by atoms with van der Waals surface area (Å²) in [6.45, 7) is 8.16. The van der Waals surface area contributed by atoms with E-state index in [9.17, 15) is 9.59 Å². The minimum Gasteiger partial charge on any atom is -0.310 e. The topological polar surface area (TPSA) is 34.1 Å². The molecule has 0 saturated heterocycles. The minimum atomic E-state index is 0. The van der Waals surface area contributed by atoms with Crippen molar-refractivity contribution in [2.45, 2.75) is 177 Å². The maximum Gasteiger partial charge on any atom is 0.103 e. The van der Waals surface area contributed by atoms with Crippen LogP contribution in [0.3, 0.4) is 0 Å². The third-order valence-electron chi connectivity index (χ3n) is 3.12. The first kappa shape index (κ1) is 147. The third-order valence-corrected chi connectivity index (χ3v) is 3.12. The molecule has 0 rings (SSSR count). The second-order valence-electron chi connectivity index (χ2n) is 4.91. The van der Waals surface area contributed by atoms with Crippen LogP contribution in [0.25, 0.3) is 0 Å². The number of Topliss-reactive ketones (excluding diaryl/α,β-unsaturated/α-hetero) is 2. The van der Waals surface area contributed by atoms with E-state index in [1.54, 1.807) is 0 Å². The molecule has 0 atom stereocenters. The molecule has 0 aliphatic heterocycles. The SMILES string of the molecule is C.C.C.C.C.C.C.C.C.C.C.C.C.C.CC[C-](C)CC(=O)CCCC(=O)C[C-](C)CC.[Rf].[Rf]. The summed E-state index contributed by atoms with van der Waals surface area (Å²) >= 11 is 0. The molecule has 0 amide bonds. The zero-order chi connectivity index (χ0) is 13.3. The van der Waals surface area contributed by atoms with Crippen molar-refractivity contribution in [3.05, 3.63) is 11.8 Å². The smallest absolute Gasteiger partial charge is 0.103 e. The summed E-state index contributed by atoms with van der Waals surface area (Å²) in [5.74, 6) is 3.01. The third kappa shape index (κ3) is 93.2. The zero-order valence-electron chi connectivity index (χ0n) is 13.2. The van der Waals surface area contributed by atoms with Crippen LogP contribution >= 0.6 is 0 Å². The Bertz CT molecular complexity index is 222. The molecule has 4 heteroatoms. The molecule has 0 saturated carbocycles. The van der Waals surface area contributed by atoms with E-state index >= 15 is 0 Å². The van der Waals surface area contributed by atoms with E-state index in [4.69, 9.17) is 0 Å². The molecule has 0 radical (unpaired) electrons. The molecule has 216 valence electrons. The Morgan fingerprint density at radius 2 is 0.667 bits per heavy atom. The van der Waals surface area contributed by atoms with Gasteiger partial charge in [-0.25, -0.2) is 0 Å². The Morgan fingerprint density at radius 3 is 0.818 bits per heavy atom. The fraction of sp³-hybridized carbons (Fsp3) is 0.862. The number of rotatable bonds is 10. The van der Waals surface area contributed by atoms with Gasteiger partial charge in [0.15, 0.2) is 0 Å². The van der Waals surface area contributed by atoms with Crippen molar-refractivity contribution in [2.75, 3.05) is 0 Å². The van der Waals surface area contributed by atoms with Gasteiger partial charge in [0.05, 0.1) is 0 Å². The Hall–Kier alpha value is -2.66. The van der Waals surface area contributed by atoms with E-state index in [0.717, 1.165) is 12.8 Å². The molecule has 0 aromatic rings. The van der Waals surface area contributed by atoms with Crippen molar-refractivity contribution < 1.29 is 9.59 Å². The van der Waals surface area contributed by atoms with Gasteiger partial charge in [0, 0.05) is 12.8 Å². The Labute approximate surface area is 209 Å². The van der Waals surface area contributed by atoms with Gasteiger partial charge in [0.1, 0.15) is 11.6 Å². The van der Waals surface area contributed by atoms with Crippen molar-refractivity contribution in [3.8, 4) is 0 Å². The van der Waals surface area contributed by atoms with Gasteiger partial charge in [-0.15, -0.1) is 12.8 Å². The first-order chi connectivity index (χ1) is 7.99. The molecule has 0 aliphatic rings. The summed E-state index contributed by atoms with van der Waals surface area (Å²) in [5, 5.41) is 0. The first-order valence-corrected chi connectivity index (χ1v) is 6.65. The second-order valence-corrected chi connectivity index (χ2v) is 4.91. The number of carbonyl (C=O) groups excluding carboxylic acids is 2. The van der Waals surface area contributed by atoms with Crippen LogP contribution in [-0.2, 0) is 9.59 Å². The van der Waals surface area contributed by atoms with Gasteiger partial charge < -0.3 is 21.4 Å². The molecule has 2 nitrogen and oxygen atoms in total. The summed E-state index contributed by atoms with van der Waals surface area (Å²) < 4.78 is 0. The molecular weight excluding hydrogens is 914 g/mol. The predicted molar refractivity (Wildman–Crippen MR) is 166 cm³/mol. The van der Waals surface area contributed by atoms with Gasteiger partial charge in [-0.2, -0.15) is 26.7 Å². The maximum absolute atomic E-state index is 11.5.